The molecule has 3 aromatic carbocycles. The van der Waals surface area contributed by atoms with Gasteiger partial charge in [0.1, 0.15) is 0 Å². The summed E-state index contributed by atoms with van der Waals surface area (Å²) in [5, 5.41) is 4.72. The summed E-state index contributed by atoms with van der Waals surface area (Å²) in [5.41, 5.74) is 2.31. The number of hydrogen-bond donors (Lipinski definition) is 1. The van der Waals surface area contributed by atoms with Crippen LogP contribution in [0.2, 0.25) is 0 Å². The maximum Gasteiger partial charge on any atom is 0.338 e. The molecule has 0 unspecified atom stereocenters. The van der Waals surface area contributed by atoms with Gasteiger partial charge in [-0.2, -0.15) is 0 Å². The zero-order valence-electron chi connectivity index (χ0n) is 14.0. The first kappa shape index (κ1) is 16.7. The minimum Gasteiger partial charge on any atom is -0.452 e. The minimum atomic E-state index is -0.512. The van der Waals surface area contributed by atoms with Crippen LogP contribution >= 0.6 is 0 Å². The zero-order valence-corrected chi connectivity index (χ0v) is 14.0. The number of esters is 1. The van der Waals surface area contributed by atoms with Crippen molar-refractivity contribution in [3.05, 3.63) is 77.9 Å². The van der Waals surface area contributed by atoms with Crippen LogP contribution in [0.15, 0.2) is 66.7 Å². The van der Waals surface area contributed by atoms with Gasteiger partial charge in [0.25, 0.3) is 5.91 Å². The lowest BCUT2D eigenvalue weighted by Crippen LogP contribution is -2.20. The van der Waals surface area contributed by atoms with Gasteiger partial charge in [-0.1, -0.05) is 49.4 Å². The molecule has 1 N–H and O–H groups in total. The highest BCUT2D eigenvalue weighted by atomic mass is 16.5. The minimum absolute atomic E-state index is 0.318. The van der Waals surface area contributed by atoms with E-state index in [1.54, 1.807) is 12.1 Å². The van der Waals surface area contributed by atoms with Gasteiger partial charge in [0.2, 0.25) is 0 Å². The van der Waals surface area contributed by atoms with Crippen LogP contribution < -0.4 is 5.32 Å². The molecule has 4 nitrogen and oxygen atoms in total. The fourth-order valence-corrected chi connectivity index (χ4v) is 2.55. The van der Waals surface area contributed by atoms with Gasteiger partial charge >= 0.3 is 5.97 Å². The molecule has 0 spiro atoms. The molecule has 3 rings (SSSR count). The summed E-state index contributed by atoms with van der Waals surface area (Å²) in [6.07, 6.45) is 0.942. The van der Waals surface area contributed by atoms with Gasteiger partial charge in [-0.25, -0.2) is 4.79 Å². The molecule has 0 aliphatic carbocycles. The number of amides is 1. The molecular formula is C21H19NO3. The van der Waals surface area contributed by atoms with E-state index < -0.39 is 5.97 Å². The maximum absolute atomic E-state index is 12.1. The largest absolute Gasteiger partial charge is 0.452 e. The number of benzene rings is 3. The molecule has 0 aromatic heterocycles. The first-order chi connectivity index (χ1) is 12.2. The van der Waals surface area contributed by atoms with E-state index >= 15 is 0 Å². The van der Waals surface area contributed by atoms with Gasteiger partial charge in [0, 0.05) is 5.69 Å². The Morgan fingerprint density at radius 2 is 1.64 bits per heavy atom. The standard InChI is InChI=1S/C21H19NO3/c1-2-15-7-11-19(12-8-15)22-20(23)14-25-21(24)18-10-9-16-5-3-4-6-17(16)13-18/h3-13H,2,14H2,1H3,(H,22,23). The van der Waals surface area contributed by atoms with Gasteiger partial charge in [-0.15, -0.1) is 0 Å². The summed E-state index contributed by atoms with van der Waals surface area (Å²) in [6.45, 7) is 1.75. The SMILES string of the molecule is CCc1ccc(NC(=O)COC(=O)c2ccc3ccccc3c2)cc1. The summed E-state index contributed by atoms with van der Waals surface area (Å²) in [7, 11) is 0. The number of ether oxygens (including phenoxy) is 1. The summed E-state index contributed by atoms with van der Waals surface area (Å²) in [5.74, 6) is -0.874. The molecule has 0 radical (unpaired) electrons. The molecular weight excluding hydrogens is 314 g/mol. The number of fused-ring (bicyclic) bond motifs is 1. The van der Waals surface area contributed by atoms with E-state index in [0.29, 0.717) is 11.3 Å². The average Bonchev–Trinajstić information content (AvgIpc) is 2.66. The Kier molecular flexibility index (Phi) is 5.09. The van der Waals surface area contributed by atoms with E-state index in [1.807, 2.05) is 54.6 Å². The Hall–Kier alpha value is -3.14. The number of rotatable bonds is 5. The monoisotopic (exact) mass is 333 g/mol. The topological polar surface area (TPSA) is 55.4 Å². The van der Waals surface area contributed by atoms with Gasteiger partial charge in [0.15, 0.2) is 6.61 Å². The molecule has 0 bridgehead atoms. The smallest absolute Gasteiger partial charge is 0.338 e. The van der Waals surface area contributed by atoms with Crippen LogP contribution in [0.5, 0.6) is 0 Å². The van der Waals surface area contributed by atoms with Crippen molar-refractivity contribution in [1.29, 1.82) is 0 Å². The highest BCUT2D eigenvalue weighted by Crippen LogP contribution is 2.16. The number of nitrogens with one attached hydrogen (secondary N) is 1. The van der Waals surface area contributed by atoms with E-state index in [1.165, 1.54) is 5.56 Å². The lowest BCUT2D eigenvalue weighted by Gasteiger charge is -2.08. The second-order valence-electron chi connectivity index (χ2n) is 5.74. The summed E-state index contributed by atoms with van der Waals surface area (Å²) in [4.78, 5) is 24.1. The first-order valence-corrected chi connectivity index (χ1v) is 8.20. The van der Waals surface area contributed by atoms with Crippen molar-refractivity contribution in [1.82, 2.24) is 0 Å². The predicted octanol–water partition coefficient (Wildman–Crippen LogP) is 4.20. The fourth-order valence-electron chi connectivity index (χ4n) is 2.55. The molecule has 3 aromatic rings. The fraction of sp³-hybridized carbons (Fsp3) is 0.143. The summed E-state index contributed by atoms with van der Waals surface area (Å²) >= 11 is 0. The van der Waals surface area contributed by atoms with Crippen molar-refractivity contribution in [3.63, 3.8) is 0 Å². The number of carbonyl (C=O) groups is 2. The normalized spacial score (nSPS) is 10.4. The van der Waals surface area contributed by atoms with Crippen LogP contribution in [0.4, 0.5) is 5.69 Å². The Bertz CT molecular complexity index is 900. The highest BCUT2D eigenvalue weighted by Gasteiger charge is 2.11. The van der Waals surface area contributed by atoms with Crippen molar-refractivity contribution in [2.24, 2.45) is 0 Å². The average molecular weight is 333 g/mol. The van der Waals surface area contributed by atoms with Gasteiger partial charge in [-0.05, 0) is 47.0 Å². The van der Waals surface area contributed by atoms with Crippen molar-refractivity contribution >= 4 is 28.3 Å². The van der Waals surface area contributed by atoms with E-state index in [9.17, 15) is 9.59 Å². The van der Waals surface area contributed by atoms with Crippen LogP contribution in [0.25, 0.3) is 10.8 Å². The number of anilines is 1. The van der Waals surface area contributed by atoms with Crippen molar-refractivity contribution in [3.8, 4) is 0 Å². The van der Waals surface area contributed by atoms with E-state index in [2.05, 4.69) is 12.2 Å². The summed E-state index contributed by atoms with van der Waals surface area (Å²) < 4.78 is 5.10. The first-order valence-electron chi connectivity index (χ1n) is 8.20. The number of hydrogen-bond acceptors (Lipinski definition) is 3. The Balaban J connectivity index is 1.57. The van der Waals surface area contributed by atoms with Crippen molar-refractivity contribution in [2.75, 3.05) is 11.9 Å². The number of aryl methyl sites for hydroxylation is 1. The lowest BCUT2D eigenvalue weighted by atomic mass is 10.1. The molecule has 0 saturated heterocycles. The van der Waals surface area contributed by atoms with Crippen molar-refractivity contribution in [2.45, 2.75) is 13.3 Å². The maximum atomic E-state index is 12.1. The van der Waals surface area contributed by atoms with Gasteiger partial charge in [0.05, 0.1) is 5.56 Å². The Morgan fingerprint density at radius 3 is 2.36 bits per heavy atom. The van der Waals surface area contributed by atoms with Gasteiger partial charge in [-0.3, -0.25) is 4.79 Å². The quantitative estimate of drug-likeness (QED) is 0.712. The van der Waals surface area contributed by atoms with Crippen LogP contribution in [-0.4, -0.2) is 18.5 Å². The van der Waals surface area contributed by atoms with Crippen LogP contribution in [0.1, 0.15) is 22.8 Å². The molecule has 25 heavy (non-hydrogen) atoms. The lowest BCUT2D eigenvalue weighted by molar-refractivity contribution is -0.119. The summed E-state index contributed by atoms with van der Waals surface area (Å²) in [6, 6.07) is 20.7. The molecule has 1 amide bonds. The predicted molar refractivity (Wildman–Crippen MR) is 98.7 cm³/mol. The van der Waals surface area contributed by atoms with Crippen molar-refractivity contribution < 1.29 is 14.3 Å². The molecule has 0 aliphatic heterocycles. The third kappa shape index (κ3) is 4.23. The molecule has 126 valence electrons. The second-order valence-corrected chi connectivity index (χ2v) is 5.74. The van der Waals surface area contributed by atoms with Gasteiger partial charge < -0.3 is 10.1 Å². The molecule has 0 atom stereocenters. The highest BCUT2D eigenvalue weighted by molar-refractivity contribution is 5.98. The molecule has 0 fully saturated rings. The molecule has 4 heteroatoms. The third-order valence-corrected chi connectivity index (χ3v) is 3.97. The van der Waals surface area contributed by atoms with Crippen LogP contribution in [0.3, 0.4) is 0 Å². The van der Waals surface area contributed by atoms with E-state index in [0.717, 1.165) is 17.2 Å². The van der Waals surface area contributed by atoms with Crippen LogP contribution in [-0.2, 0) is 16.0 Å². The van der Waals surface area contributed by atoms with E-state index in [-0.39, 0.29) is 12.5 Å². The Morgan fingerprint density at radius 1 is 0.920 bits per heavy atom. The second kappa shape index (κ2) is 7.62. The molecule has 0 aliphatic rings. The number of carbonyl (C=O) groups excluding carboxylic acids is 2. The zero-order chi connectivity index (χ0) is 17.6. The Labute approximate surface area is 146 Å². The third-order valence-electron chi connectivity index (χ3n) is 3.97. The van der Waals surface area contributed by atoms with E-state index in [4.69, 9.17) is 4.74 Å². The molecule has 0 saturated carbocycles. The molecule has 0 heterocycles. The van der Waals surface area contributed by atoms with Crippen LogP contribution in [0, 0.1) is 0 Å².